The summed E-state index contributed by atoms with van der Waals surface area (Å²) in [7, 11) is -3.77. The quantitative estimate of drug-likeness (QED) is 0.630. The van der Waals surface area contributed by atoms with Gasteiger partial charge in [0, 0.05) is 21.6 Å². The Balaban J connectivity index is 2.33. The molecule has 0 bridgehead atoms. The third-order valence-electron chi connectivity index (χ3n) is 3.69. The molecule has 0 saturated carbocycles. The van der Waals surface area contributed by atoms with Crippen LogP contribution in [0.2, 0.25) is 0 Å². The molecule has 0 unspecified atom stereocenters. The van der Waals surface area contributed by atoms with Crippen LogP contribution < -0.4 is 0 Å². The summed E-state index contributed by atoms with van der Waals surface area (Å²) in [5, 5.41) is 0.622. The van der Waals surface area contributed by atoms with Gasteiger partial charge in [-0.05, 0) is 38.1 Å². The van der Waals surface area contributed by atoms with Gasteiger partial charge in [-0.1, -0.05) is 39.7 Å². The Labute approximate surface area is 142 Å². The predicted octanol–water partition coefficient (Wildman–Crippen LogP) is 4.15. The highest BCUT2D eigenvalue weighted by molar-refractivity contribution is 9.10. The van der Waals surface area contributed by atoms with Gasteiger partial charge in [0.1, 0.15) is 0 Å². The van der Waals surface area contributed by atoms with E-state index in [0.717, 1.165) is 10.0 Å². The minimum absolute atomic E-state index is 0.171. The second-order valence-corrected chi connectivity index (χ2v) is 8.10. The number of nitrogens with zero attached hydrogens (tertiary/aromatic N) is 1. The van der Waals surface area contributed by atoms with Gasteiger partial charge >= 0.3 is 0 Å². The number of benzene rings is 2. The van der Waals surface area contributed by atoms with Crippen LogP contribution in [0.4, 0.5) is 0 Å². The van der Waals surface area contributed by atoms with Crippen molar-refractivity contribution in [3.05, 3.63) is 64.3 Å². The Hall–Kier alpha value is -1.92. The first-order valence-electron chi connectivity index (χ1n) is 6.94. The smallest absolute Gasteiger partial charge is 0.268 e. The molecule has 0 atom stereocenters. The number of ketones is 1. The summed E-state index contributed by atoms with van der Waals surface area (Å²) in [5.74, 6) is -0.171. The lowest BCUT2D eigenvalue weighted by Gasteiger charge is -2.08. The van der Waals surface area contributed by atoms with Crippen molar-refractivity contribution in [1.82, 2.24) is 3.97 Å². The van der Waals surface area contributed by atoms with Gasteiger partial charge in [0.15, 0.2) is 5.78 Å². The second-order valence-electron chi connectivity index (χ2n) is 5.37. The van der Waals surface area contributed by atoms with Gasteiger partial charge in [-0.2, -0.15) is 0 Å². The van der Waals surface area contributed by atoms with Crippen molar-refractivity contribution in [3.8, 4) is 0 Å². The van der Waals surface area contributed by atoms with Gasteiger partial charge in [-0.3, -0.25) is 4.79 Å². The number of rotatable bonds is 3. The fourth-order valence-electron chi connectivity index (χ4n) is 2.47. The fraction of sp³-hybridized carbons (Fsp3) is 0.118. The lowest BCUT2D eigenvalue weighted by Crippen LogP contribution is -2.12. The Morgan fingerprint density at radius 1 is 1.09 bits per heavy atom. The van der Waals surface area contributed by atoms with Crippen LogP contribution >= 0.6 is 15.9 Å². The fourth-order valence-corrected chi connectivity index (χ4v) is 4.18. The third-order valence-corrected chi connectivity index (χ3v) is 5.87. The van der Waals surface area contributed by atoms with Crippen molar-refractivity contribution in [1.29, 1.82) is 0 Å². The average molecular weight is 392 g/mol. The van der Waals surface area contributed by atoms with Crippen LogP contribution in [0.1, 0.15) is 22.8 Å². The molecule has 23 heavy (non-hydrogen) atoms. The maximum atomic E-state index is 12.9. The number of halogens is 1. The molecule has 0 aliphatic carbocycles. The molecule has 3 aromatic rings. The van der Waals surface area contributed by atoms with E-state index in [1.165, 1.54) is 17.1 Å². The molecule has 0 radical (unpaired) electrons. The lowest BCUT2D eigenvalue weighted by molar-refractivity contribution is 0.101. The van der Waals surface area contributed by atoms with Crippen LogP contribution in [0, 0.1) is 6.92 Å². The summed E-state index contributed by atoms with van der Waals surface area (Å²) < 4.78 is 27.8. The number of aryl methyl sites for hydroxylation is 1. The van der Waals surface area contributed by atoms with Crippen molar-refractivity contribution in [2.24, 2.45) is 0 Å². The monoisotopic (exact) mass is 391 g/mol. The minimum Gasteiger partial charge on any atom is -0.294 e. The molecule has 6 heteroatoms. The van der Waals surface area contributed by atoms with E-state index in [-0.39, 0.29) is 10.7 Å². The van der Waals surface area contributed by atoms with Gasteiger partial charge in [0.05, 0.1) is 10.4 Å². The summed E-state index contributed by atoms with van der Waals surface area (Å²) >= 11 is 3.35. The van der Waals surface area contributed by atoms with Crippen LogP contribution in [0.15, 0.2) is 58.0 Å². The number of fused-ring (bicyclic) bond motifs is 1. The van der Waals surface area contributed by atoms with Crippen LogP contribution in [0.3, 0.4) is 0 Å². The lowest BCUT2D eigenvalue weighted by atomic mass is 10.1. The van der Waals surface area contributed by atoms with E-state index in [1.807, 2.05) is 6.92 Å². The van der Waals surface area contributed by atoms with Crippen molar-refractivity contribution >= 4 is 42.6 Å². The second kappa shape index (κ2) is 5.62. The van der Waals surface area contributed by atoms with E-state index in [4.69, 9.17) is 0 Å². The molecular formula is C17H14BrNO3S. The number of hydrogen-bond donors (Lipinski definition) is 0. The summed E-state index contributed by atoms with van der Waals surface area (Å²) in [4.78, 5) is 12.0. The first-order chi connectivity index (χ1) is 10.8. The number of Topliss-reactive ketones (excluding diaryl/α,β-unsaturated/α-hetero) is 1. The molecule has 0 fully saturated rings. The van der Waals surface area contributed by atoms with Crippen LogP contribution in [0.5, 0.6) is 0 Å². The van der Waals surface area contributed by atoms with E-state index in [9.17, 15) is 13.2 Å². The Morgan fingerprint density at radius 3 is 2.35 bits per heavy atom. The zero-order valence-electron chi connectivity index (χ0n) is 12.6. The van der Waals surface area contributed by atoms with Gasteiger partial charge in [-0.25, -0.2) is 12.4 Å². The maximum absolute atomic E-state index is 12.9. The molecule has 2 aromatic carbocycles. The van der Waals surface area contributed by atoms with E-state index in [0.29, 0.717) is 16.5 Å². The highest BCUT2D eigenvalue weighted by Crippen LogP contribution is 2.29. The molecular weight excluding hydrogens is 378 g/mol. The zero-order valence-corrected chi connectivity index (χ0v) is 15.0. The molecule has 1 aromatic heterocycles. The first-order valence-corrected chi connectivity index (χ1v) is 9.18. The van der Waals surface area contributed by atoms with Gasteiger partial charge in [0.2, 0.25) is 0 Å². The normalized spacial score (nSPS) is 11.8. The Kier molecular flexibility index (Phi) is 3.90. The van der Waals surface area contributed by atoms with Gasteiger partial charge < -0.3 is 0 Å². The van der Waals surface area contributed by atoms with E-state index < -0.39 is 10.0 Å². The zero-order chi connectivity index (χ0) is 16.8. The number of aromatic nitrogens is 1. The third kappa shape index (κ3) is 2.72. The molecule has 0 aliphatic rings. The van der Waals surface area contributed by atoms with E-state index in [1.54, 1.807) is 42.5 Å². The molecule has 3 rings (SSSR count). The van der Waals surface area contributed by atoms with Crippen LogP contribution in [-0.4, -0.2) is 18.2 Å². The molecule has 0 amide bonds. The van der Waals surface area contributed by atoms with Crippen LogP contribution in [-0.2, 0) is 10.0 Å². The van der Waals surface area contributed by atoms with Gasteiger partial charge in [0.25, 0.3) is 10.0 Å². The van der Waals surface area contributed by atoms with Crippen LogP contribution in [0.25, 0.3) is 10.9 Å². The van der Waals surface area contributed by atoms with Crippen molar-refractivity contribution in [2.75, 3.05) is 0 Å². The van der Waals surface area contributed by atoms with Gasteiger partial charge in [-0.15, -0.1) is 0 Å². The summed E-state index contributed by atoms with van der Waals surface area (Å²) in [6, 6.07) is 11.9. The topological polar surface area (TPSA) is 56.1 Å². The standard InChI is InChI=1S/C17H14BrNO3S/c1-11-3-6-14(7-4-11)23(21,22)19-10-16(12(2)20)15-8-5-13(18)9-17(15)19/h3-10H,1-2H3. The summed E-state index contributed by atoms with van der Waals surface area (Å²) in [6.07, 6.45) is 1.40. The molecule has 0 spiro atoms. The highest BCUT2D eigenvalue weighted by Gasteiger charge is 2.22. The maximum Gasteiger partial charge on any atom is 0.268 e. The largest absolute Gasteiger partial charge is 0.294 e. The first kappa shape index (κ1) is 16.0. The summed E-state index contributed by atoms with van der Waals surface area (Å²) in [6.45, 7) is 3.33. The molecule has 118 valence electrons. The average Bonchev–Trinajstić information content (AvgIpc) is 2.87. The van der Waals surface area contributed by atoms with E-state index in [2.05, 4.69) is 15.9 Å². The van der Waals surface area contributed by atoms with Crippen molar-refractivity contribution in [3.63, 3.8) is 0 Å². The minimum atomic E-state index is -3.77. The Morgan fingerprint density at radius 2 is 1.74 bits per heavy atom. The number of carbonyl (C=O) groups is 1. The summed E-state index contributed by atoms with van der Waals surface area (Å²) in [5.41, 5.74) is 1.85. The van der Waals surface area contributed by atoms with E-state index >= 15 is 0 Å². The number of hydrogen-bond acceptors (Lipinski definition) is 3. The molecule has 0 aliphatic heterocycles. The SMILES string of the molecule is CC(=O)c1cn(S(=O)(=O)c2ccc(C)cc2)c2cc(Br)ccc12. The number of carbonyl (C=O) groups excluding carboxylic acids is 1. The Bertz CT molecular complexity index is 1020. The molecule has 0 N–H and O–H groups in total. The van der Waals surface area contributed by atoms with Crippen molar-refractivity contribution in [2.45, 2.75) is 18.7 Å². The predicted molar refractivity (Wildman–Crippen MR) is 93.4 cm³/mol. The molecule has 1 heterocycles. The molecule has 4 nitrogen and oxygen atoms in total. The highest BCUT2D eigenvalue weighted by atomic mass is 79.9. The van der Waals surface area contributed by atoms with Crippen molar-refractivity contribution < 1.29 is 13.2 Å². The molecule has 0 saturated heterocycles.